The van der Waals surface area contributed by atoms with E-state index >= 15 is 0 Å². The normalized spacial score (nSPS) is 16.8. The molecular weight excluding hydrogens is 248 g/mol. The van der Waals surface area contributed by atoms with Crippen molar-refractivity contribution in [2.45, 2.75) is 5.92 Å². The number of anilines is 1. The number of H-pyrrole nitrogens is 1. The van der Waals surface area contributed by atoms with E-state index in [1.54, 1.807) is 6.20 Å². The van der Waals surface area contributed by atoms with Crippen molar-refractivity contribution < 1.29 is 0 Å². The molecule has 1 aromatic carbocycles. The number of aromatic nitrogens is 2. The van der Waals surface area contributed by atoms with Gasteiger partial charge in [0.2, 0.25) is 0 Å². The van der Waals surface area contributed by atoms with Crippen molar-refractivity contribution >= 4 is 17.4 Å². The van der Waals surface area contributed by atoms with Gasteiger partial charge in [0.05, 0.1) is 6.20 Å². The molecule has 0 spiro atoms. The summed E-state index contributed by atoms with van der Waals surface area (Å²) in [5.41, 5.74) is 8.93. The van der Waals surface area contributed by atoms with E-state index in [1.807, 2.05) is 6.07 Å². The monoisotopic (exact) mass is 262 g/mol. The zero-order chi connectivity index (χ0) is 12.7. The molecule has 1 aliphatic heterocycles. The van der Waals surface area contributed by atoms with E-state index < -0.39 is 0 Å². The molecule has 3 N–H and O–H groups in total. The minimum absolute atomic E-state index is 0.554. The van der Waals surface area contributed by atoms with Gasteiger partial charge in [-0.15, -0.1) is 0 Å². The van der Waals surface area contributed by atoms with E-state index in [0.717, 1.165) is 29.2 Å². The molecule has 18 heavy (non-hydrogen) atoms. The fourth-order valence-corrected chi connectivity index (χ4v) is 2.78. The van der Waals surface area contributed by atoms with Crippen LogP contribution in [0, 0.1) is 0 Å². The fourth-order valence-electron chi connectivity index (χ4n) is 2.45. The van der Waals surface area contributed by atoms with Crippen molar-refractivity contribution in [3.63, 3.8) is 0 Å². The molecule has 0 radical (unpaired) electrons. The lowest BCUT2D eigenvalue weighted by Gasteiger charge is -2.37. The Labute approximate surface area is 111 Å². The summed E-state index contributed by atoms with van der Waals surface area (Å²) in [4.78, 5) is 2.28. The van der Waals surface area contributed by atoms with Crippen LogP contribution in [-0.4, -0.2) is 35.2 Å². The van der Waals surface area contributed by atoms with Crippen molar-refractivity contribution in [2.75, 3.05) is 25.9 Å². The molecule has 1 fully saturated rings. The number of nitrogens with zero attached hydrogens (tertiary/aromatic N) is 2. The van der Waals surface area contributed by atoms with Gasteiger partial charge in [0.15, 0.2) is 0 Å². The first kappa shape index (κ1) is 11.6. The lowest BCUT2D eigenvalue weighted by Crippen LogP contribution is -2.41. The summed E-state index contributed by atoms with van der Waals surface area (Å²) in [7, 11) is 2.12. The molecule has 1 aliphatic rings. The van der Waals surface area contributed by atoms with Gasteiger partial charge >= 0.3 is 0 Å². The predicted octanol–water partition coefficient (Wildman–Crippen LogP) is 2.34. The van der Waals surface area contributed by atoms with E-state index in [0.29, 0.717) is 11.7 Å². The summed E-state index contributed by atoms with van der Waals surface area (Å²) >= 11 is 6.36. The summed E-state index contributed by atoms with van der Waals surface area (Å²) in [6, 6.07) is 6.12. The quantitative estimate of drug-likeness (QED) is 0.873. The molecule has 5 heteroatoms. The highest BCUT2D eigenvalue weighted by Crippen LogP contribution is 2.34. The third-order valence-electron chi connectivity index (χ3n) is 3.48. The van der Waals surface area contributed by atoms with Crippen LogP contribution in [0.4, 0.5) is 5.82 Å². The Kier molecular flexibility index (Phi) is 2.76. The molecule has 1 aromatic heterocycles. The molecule has 0 unspecified atom stereocenters. The van der Waals surface area contributed by atoms with Crippen molar-refractivity contribution in [1.29, 1.82) is 0 Å². The number of hydrogen-bond donors (Lipinski definition) is 2. The van der Waals surface area contributed by atoms with Crippen molar-refractivity contribution in [3.05, 3.63) is 35.0 Å². The number of likely N-dealkylation sites (tertiary alicyclic amines) is 1. The second-order valence-corrected chi connectivity index (χ2v) is 5.26. The smallest absolute Gasteiger partial charge is 0.126 e. The van der Waals surface area contributed by atoms with Crippen molar-refractivity contribution in [2.24, 2.45) is 0 Å². The van der Waals surface area contributed by atoms with Gasteiger partial charge in [0, 0.05) is 29.6 Å². The molecule has 94 valence electrons. The zero-order valence-electron chi connectivity index (χ0n) is 10.2. The third-order valence-corrected chi connectivity index (χ3v) is 3.81. The fraction of sp³-hybridized carbons (Fsp3) is 0.308. The van der Waals surface area contributed by atoms with Gasteiger partial charge in [0.25, 0.3) is 0 Å². The van der Waals surface area contributed by atoms with Crippen LogP contribution >= 0.6 is 11.6 Å². The number of hydrogen-bond acceptors (Lipinski definition) is 3. The molecule has 2 aromatic rings. The molecule has 0 bridgehead atoms. The van der Waals surface area contributed by atoms with Crippen LogP contribution in [0.1, 0.15) is 11.5 Å². The summed E-state index contributed by atoms with van der Waals surface area (Å²) < 4.78 is 0. The maximum absolute atomic E-state index is 6.36. The lowest BCUT2D eigenvalue weighted by molar-refractivity contribution is 0.190. The highest BCUT2D eigenvalue weighted by atomic mass is 35.5. The number of likely N-dealkylation sites (N-methyl/N-ethyl adjacent to an activating group) is 1. The Morgan fingerprint density at radius 2 is 2.22 bits per heavy atom. The van der Waals surface area contributed by atoms with Crippen molar-refractivity contribution in [3.8, 4) is 11.1 Å². The molecular formula is C13H15ClN4. The van der Waals surface area contributed by atoms with E-state index in [4.69, 9.17) is 17.3 Å². The topological polar surface area (TPSA) is 57.9 Å². The first-order valence-corrected chi connectivity index (χ1v) is 6.30. The SMILES string of the molecule is CN1CC(c2ccc(-c3cn[nH]c3N)cc2Cl)C1. The van der Waals surface area contributed by atoms with Gasteiger partial charge in [-0.1, -0.05) is 23.7 Å². The van der Waals surface area contributed by atoms with Crippen LogP contribution in [0.3, 0.4) is 0 Å². The maximum Gasteiger partial charge on any atom is 0.126 e. The second kappa shape index (κ2) is 4.30. The van der Waals surface area contributed by atoms with Crippen molar-refractivity contribution in [1.82, 2.24) is 15.1 Å². The first-order valence-electron chi connectivity index (χ1n) is 5.92. The van der Waals surface area contributed by atoms with Crippen LogP contribution in [0.25, 0.3) is 11.1 Å². The van der Waals surface area contributed by atoms with E-state index in [9.17, 15) is 0 Å². The standard InChI is InChI=1S/C13H15ClN4/c1-18-6-9(7-18)10-3-2-8(4-12(10)14)11-5-16-17-13(11)15/h2-5,9H,6-7H2,1H3,(H3,15,16,17). The number of aromatic amines is 1. The van der Waals surface area contributed by atoms with Crippen LogP contribution in [0.15, 0.2) is 24.4 Å². The minimum atomic E-state index is 0.554. The lowest BCUT2D eigenvalue weighted by atomic mass is 9.91. The Hall–Kier alpha value is -1.52. The molecule has 4 nitrogen and oxygen atoms in total. The highest BCUT2D eigenvalue weighted by molar-refractivity contribution is 6.31. The Bertz CT molecular complexity index is 572. The molecule has 2 heterocycles. The highest BCUT2D eigenvalue weighted by Gasteiger charge is 2.26. The Morgan fingerprint density at radius 1 is 1.44 bits per heavy atom. The summed E-state index contributed by atoms with van der Waals surface area (Å²) in [5.74, 6) is 1.13. The second-order valence-electron chi connectivity index (χ2n) is 4.85. The molecule has 0 atom stereocenters. The number of halogens is 1. The molecule has 1 saturated heterocycles. The first-order chi connectivity index (χ1) is 8.65. The van der Waals surface area contributed by atoms with Crippen LogP contribution in [-0.2, 0) is 0 Å². The number of rotatable bonds is 2. The van der Waals surface area contributed by atoms with Crippen LogP contribution in [0.5, 0.6) is 0 Å². The maximum atomic E-state index is 6.36. The summed E-state index contributed by atoms with van der Waals surface area (Å²) in [6.07, 6.45) is 1.72. The van der Waals surface area contributed by atoms with Gasteiger partial charge in [-0.3, -0.25) is 5.10 Å². The predicted molar refractivity (Wildman–Crippen MR) is 73.7 cm³/mol. The average Bonchev–Trinajstić information content (AvgIpc) is 2.72. The summed E-state index contributed by atoms with van der Waals surface area (Å²) in [6.45, 7) is 2.15. The molecule has 0 saturated carbocycles. The molecule has 0 amide bonds. The third kappa shape index (κ3) is 1.87. The molecule has 0 aliphatic carbocycles. The Balaban J connectivity index is 1.92. The van der Waals surface area contributed by atoms with Gasteiger partial charge in [-0.25, -0.2) is 0 Å². The van der Waals surface area contributed by atoms with E-state index in [-0.39, 0.29) is 0 Å². The van der Waals surface area contributed by atoms with Crippen LogP contribution in [0.2, 0.25) is 5.02 Å². The number of benzene rings is 1. The van der Waals surface area contributed by atoms with Gasteiger partial charge in [-0.05, 0) is 24.2 Å². The number of nitrogen functional groups attached to an aromatic ring is 1. The summed E-state index contributed by atoms with van der Waals surface area (Å²) in [5, 5.41) is 7.46. The zero-order valence-corrected chi connectivity index (χ0v) is 10.9. The number of nitrogens with two attached hydrogens (primary N) is 1. The van der Waals surface area contributed by atoms with E-state index in [1.165, 1.54) is 5.56 Å². The van der Waals surface area contributed by atoms with Crippen LogP contribution < -0.4 is 5.73 Å². The minimum Gasteiger partial charge on any atom is -0.384 e. The Morgan fingerprint density at radius 3 is 2.78 bits per heavy atom. The van der Waals surface area contributed by atoms with Gasteiger partial charge in [0.1, 0.15) is 5.82 Å². The van der Waals surface area contributed by atoms with Gasteiger partial charge < -0.3 is 10.6 Å². The average molecular weight is 263 g/mol. The van der Waals surface area contributed by atoms with E-state index in [2.05, 4.69) is 34.3 Å². The van der Waals surface area contributed by atoms with Gasteiger partial charge in [-0.2, -0.15) is 5.10 Å². The largest absolute Gasteiger partial charge is 0.384 e. The molecule has 3 rings (SSSR count). The number of nitrogens with one attached hydrogen (secondary N) is 1.